The van der Waals surface area contributed by atoms with Crippen molar-refractivity contribution < 1.29 is 27.8 Å². The van der Waals surface area contributed by atoms with Crippen LogP contribution < -0.4 is 10.2 Å². The van der Waals surface area contributed by atoms with E-state index in [1.165, 1.54) is 6.92 Å². The van der Waals surface area contributed by atoms with Crippen LogP contribution in [0.1, 0.15) is 16.7 Å². The first-order valence-corrected chi connectivity index (χ1v) is 9.12. The number of aryl methyl sites for hydroxylation is 1. The number of nitrogens with one attached hydrogen (secondary N) is 1. The first-order valence-electron chi connectivity index (χ1n) is 9.12. The fourth-order valence-electron chi connectivity index (χ4n) is 3.77. The maximum absolute atomic E-state index is 12.9. The summed E-state index contributed by atoms with van der Waals surface area (Å²) in [4.78, 5) is 13.5. The predicted octanol–water partition coefficient (Wildman–Crippen LogP) is 2.05. The Morgan fingerprint density at radius 3 is 2.79 bits per heavy atom. The molecule has 0 aliphatic carbocycles. The Hall–Kier alpha value is -2.88. The number of carbonyl (C=O) groups excluding carboxylic acids is 1. The number of amides is 1. The number of aromatic hydroxyl groups is 1. The molecular weight excluding hydrogens is 389 g/mol. The van der Waals surface area contributed by atoms with Gasteiger partial charge in [-0.15, -0.1) is 10.2 Å². The van der Waals surface area contributed by atoms with Gasteiger partial charge in [0.1, 0.15) is 12.4 Å². The SMILES string of the molecule is Cc1cc(C(F)(F)F)cc(O)c1-c1cc2c(nn1)N(C[C@@H]1COCC(=O)N1)CC2. The number of morpholine rings is 1. The molecule has 1 saturated heterocycles. The molecule has 0 spiro atoms. The van der Waals surface area contributed by atoms with Crippen molar-refractivity contribution >= 4 is 11.7 Å². The van der Waals surface area contributed by atoms with Crippen LogP contribution >= 0.6 is 0 Å². The Labute approximate surface area is 164 Å². The fourth-order valence-corrected chi connectivity index (χ4v) is 3.77. The zero-order chi connectivity index (χ0) is 20.8. The second-order valence-corrected chi connectivity index (χ2v) is 7.24. The van der Waals surface area contributed by atoms with E-state index in [0.29, 0.717) is 43.7 Å². The number of aromatic nitrogens is 2. The van der Waals surface area contributed by atoms with E-state index < -0.39 is 17.5 Å². The molecule has 1 aromatic carbocycles. The summed E-state index contributed by atoms with van der Waals surface area (Å²) in [5.74, 6) is 0.0245. The highest BCUT2D eigenvalue weighted by molar-refractivity contribution is 5.78. The fraction of sp³-hybridized carbons (Fsp3) is 0.421. The van der Waals surface area contributed by atoms with Gasteiger partial charge in [0.05, 0.1) is 23.9 Å². The van der Waals surface area contributed by atoms with Gasteiger partial charge < -0.3 is 20.1 Å². The maximum Gasteiger partial charge on any atom is 0.416 e. The van der Waals surface area contributed by atoms with Crippen LogP contribution in [0.4, 0.5) is 19.0 Å². The van der Waals surface area contributed by atoms with Crippen LogP contribution in [0.2, 0.25) is 0 Å². The first-order chi connectivity index (χ1) is 13.7. The van der Waals surface area contributed by atoms with E-state index in [9.17, 15) is 23.1 Å². The molecule has 1 amide bonds. The van der Waals surface area contributed by atoms with Crippen molar-refractivity contribution in [2.45, 2.75) is 25.6 Å². The number of anilines is 1. The molecular formula is C19H19F3N4O3. The summed E-state index contributed by atoms with van der Waals surface area (Å²) in [6, 6.07) is 3.29. The first kappa shape index (κ1) is 19.4. The Morgan fingerprint density at radius 1 is 1.31 bits per heavy atom. The van der Waals surface area contributed by atoms with E-state index in [4.69, 9.17) is 4.74 Å². The smallest absolute Gasteiger partial charge is 0.416 e. The number of fused-ring (bicyclic) bond motifs is 1. The summed E-state index contributed by atoms with van der Waals surface area (Å²) < 4.78 is 44.1. The molecule has 2 aliphatic rings. The number of ether oxygens (including phenoxy) is 1. The van der Waals surface area contributed by atoms with Gasteiger partial charge in [-0.3, -0.25) is 4.79 Å². The number of phenolic OH excluding ortho intramolecular Hbond substituents is 1. The van der Waals surface area contributed by atoms with Crippen LogP contribution in [-0.2, 0) is 22.1 Å². The minimum Gasteiger partial charge on any atom is -0.507 e. The minimum absolute atomic E-state index is 0.0617. The monoisotopic (exact) mass is 408 g/mol. The molecule has 2 N–H and O–H groups in total. The highest BCUT2D eigenvalue weighted by Crippen LogP contribution is 2.39. The third-order valence-corrected chi connectivity index (χ3v) is 5.06. The van der Waals surface area contributed by atoms with Crippen molar-refractivity contribution in [3.05, 3.63) is 34.9 Å². The van der Waals surface area contributed by atoms with Crippen LogP contribution in [0.25, 0.3) is 11.3 Å². The highest BCUT2D eigenvalue weighted by Gasteiger charge is 2.33. The van der Waals surface area contributed by atoms with Crippen LogP contribution in [-0.4, -0.2) is 53.6 Å². The summed E-state index contributed by atoms with van der Waals surface area (Å²) in [7, 11) is 0. The second-order valence-electron chi connectivity index (χ2n) is 7.24. The molecule has 0 radical (unpaired) electrons. The van der Waals surface area contributed by atoms with E-state index in [1.54, 1.807) is 6.07 Å². The van der Waals surface area contributed by atoms with Gasteiger partial charge in [-0.05, 0) is 37.1 Å². The predicted molar refractivity (Wildman–Crippen MR) is 97.5 cm³/mol. The number of benzene rings is 1. The van der Waals surface area contributed by atoms with Crippen LogP contribution in [0.15, 0.2) is 18.2 Å². The largest absolute Gasteiger partial charge is 0.507 e. The molecule has 1 aromatic heterocycles. The zero-order valence-corrected chi connectivity index (χ0v) is 15.6. The lowest BCUT2D eigenvalue weighted by molar-refractivity contribution is -0.137. The molecule has 3 heterocycles. The molecule has 1 fully saturated rings. The molecule has 4 rings (SSSR count). The van der Waals surface area contributed by atoms with Gasteiger partial charge in [0.2, 0.25) is 5.91 Å². The molecule has 2 aliphatic heterocycles. The van der Waals surface area contributed by atoms with Crippen molar-refractivity contribution in [3.63, 3.8) is 0 Å². The summed E-state index contributed by atoms with van der Waals surface area (Å²) in [6.45, 7) is 3.18. The van der Waals surface area contributed by atoms with E-state index in [0.717, 1.165) is 11.6 Å². The summed E-state index contributed by atoms with van der Waals surface area (Å²) in [5.41, 5.74) is 0.803. The number of phenols is 1. The quantitative estimate of drug-likeness (QED) is 0.809. The molecule has 0 saturated carbocycles. The Balaban J connectivity index is 1.59. The third kappa shape index (κ3) is 3.84. The molecule has 10 heteroatoms. The average Bonchev–Trinajstić information content (AvgIpc) is 3.02. The van der Waals surface area contributed by atoms with Crippen LogP contribution in [0.5, 0.6) is 5.75 Å². The van der Waals surface area contributed by atoms with E-state index in [1.807, 2.05) is 4.90 Å². The Morgan fingerprint density at radius 2 is 2.10 bits per heavy atom. The number of halogens is 3. The summed E-state index contributed by atoms with van der Waals surface area (Å²) in [6.07, 6.45) is -3.86. The van der Waals surface area contributed by atoms with Crippen molar-refractivity contribution in [3.8, 4) is 17.0 Å². The number of nitrogens with zero attached hydrogens (tertiary/aromatic N) is 3. The van der Waals surface area contributed by atoms with E-state index >= 15 is 0 Å². The number of alkyl halides is 3. The summed E-state index contributed by atoms with van der Waals surface area (Å²) in [5, 5.41) is 21.4. The molecule has 29 heavy (non-hydrogen) atoms. The minimum atomic E-state index is -4.54. The van der Waals surface area contributed by atoms with Crippen molar-refractivity contribution in [2.24, 2.45) is 0 Å². The second kappa shape index (κ2) is 7.18. The number of carbonyl (C=O) groups is 1. The van der Waals surface area contributed by atoms with Gasteiger partial charge in [0, 0.05) is 24.2 Å². The topological polar surface area (TPSA) is 87.6 Å². The molecule has 0 unspecified atom stereocenters. The lowest BCUT2D eigenvalue weighted by atomic mass is 9.99. The Bertz CT molecular complexity index is 941. The van der Waals surface area contributed by atoms with Gasteiger partial charge in [-0.25, -0.2) is 0 Å². The van der Waals surface area contributed by atoms with Gasteiger partial charge >= 0.3 is 6.18 Å². The number of hydrogen-bond acceptors (Lipinski definition) is 6. The highest BCUT2D eigenvalue weighted by atomic mass is 19.4. The maximum atomic E-state index is 12.9. The lowest BCUT2D eigenvalue weighted by Crippen LogP contribution is -2.51. The molecule has 0 bridgehead atoms. The van der Waals surface area contributed by atoms with Crippen molar-refractivity contribution in [2.75, 3.05) is 31.2 Å². The zero-order valence-electron chi connectivity index (χ0n) is 15.6. The van der Waals surface area contributed by atoms with Gasteiger partial charge in [-0.2, -0.15) is 13.2 Å². The van der Waals surface area contributed by atoms with Crippen LogP contribution in [0, 0.1) is 6.92 Å². The summed E-state index contributed by atoms with van der Waals surface area (Å²) >= 11 is 0. The van der Waals surface area contributed by atoms with E-state index in [2.05, 4.69) is 15.5 Å². The molecule has 7 nitrogen and oxygen atoms in total. The standard InChI is InChI=1S/C19H19F3N4O3/c1-10-4-12(19(20,21)22)6-15(27)17(10)14-5-11-2-3-26(18(11)25-24-14)7-13-8-29-9-16(28)23-13/h4-6,13,27H,2-3,7-9H2,1H3,(H,23,28)/t13-/m1/s1. The molecule has 1 atom stereocenters. The Kier molecular flexibility index (Phi) is 4.81. The van der Waals surface area contributed by atoms with Crippen molar-refractivity contribution in [1.82, 2.24) is 15.5 Å². The van der Waals surface area contributed by atoms with Gasteiger partial charge in [0.15, 0.2) is 5.82 Å². The normalized spacial score (nSPS) is 19.2. The molecule has 2 aromatic rings. The third-order valence-electron chi connectivity index (χ3n) is 5.06. The van der Waals surface area contributed by atoms with Crippen molar-refractivity contribution in [1.29, 1.82) is 0 Å². The van der Waals surface area contributed by atoms with Gasteiger partial charge in [-0.1, -0.05) is 0 Å². The van der Waals surface area contributed by atoms with E-state index in [-0.39, 0.29) is 29.7 Å². The lowest BCUT2D eigenvalue weighted by Gasteiger charge is -2.28. The average molecular weight is 408 g/mol. The van der Waals surface area contributed by atoms with Gasteiger partial charge in [0.25, 0.3) is 0 Å². The number of hydrogen-bond donors (Lipinski definition) is 2. The molecule has 154 valence electrons. The van der Waals surface area contributed by atoms with Crippen LogP contribution in [0.3, 0.4) is 0 Å². The number of rotatable bonds is 3.